The molecule has 0 aliphatic carbocycles. The molecule has 1 aromatic carbocycles. The maximum atomic E-state index is 9.43. The summed E-state index contributed by atoms with van der Waals surface area (Å²) in [6, 6.07) is 5.27. The van der Waals surface area contributed by atoms with Crippen LogP contribution < -0.4 is 0 Å². The van der Waals surface area contributed by atoms with Crippen LogP contribution in [0.25, 0.3) is 0 Å². The van der Waals surface area contributed by atoms with Gasteiger partial charge >= 0.3 is 0 Å². The van der Waals surface area contributed by atoms with Gasteiger partial charge in [0.1, 0.15) is 5.75 Å². The van der Waals surface area contributed by atoms with Gasteiger partial charge in [0, 0.05) is 5.41 Å². The van der Waals surface area contributed by atoms with E-state index in [0.29, 0.717) is 4.47 Å². The Balaban J connectivity index is 3.22. The van der Waals surface area contributed by atoms with Crippen LogP contribution in [0.1, 0.15) is 19.4 Å². The summed E-state index contributed by atoms with van der Waals surface area (Å²) in [5.41, 5.74) is 0.576. The lowest BCUT2D eigenvalue weighted by Crippen LogP contribution is -2.22. The molecule has 0 saturated heterocycles. The van der Waals surface area contributed by atoms with Crippen molar-refractivity contribution in [3.05, 3.63) is 28.2 Å². The van der Waals surface area contributed by atoms with Gasteiger partial charge in [-0.05, 0) is 27.6 Å². The first-order chi connectivity index (χ1) is 5.99. The molecule has 0 aliphatic rings. The van der Waals surface area contributed by atoms with E-state index in [0.717, 1.165) is 5.56 Å². The maximum absolute atomic E-state index is 9.43. The molecular weight excluding hydrogens is 232 g/mol. The van der Waals surface area contributed by atoms with Crippen molar-refractivity contribution in [3.63, 3.8) is 0 Å². The Morgan fingerprint density at radius 2 is 2.00 bits per heavy atom. The van der Waals surface area contributed by atoms with Gasteiger partial charge in [-0.2, -0.15) is 0 Å². The van der Waals surface area contributed by atoms with E-state index in [-0.39, 0.29) is 17.8 Å². The van der Waals surface area contributed by atoms with E-state index in [1.165, 1.54) is 0 Å². The molecule has 3 heteroatoms. The zero-order chi connectivity index (χ0) is 10.1. The number of halogens is 1. The van der Waals surface area contributed by atoms with Gasteiger partial charge in [-0.3, -0.25) is 0 Å². The Morgan fingerprint density at radius 3 is 2.54 bits per heavy atom. The summed E-state index contributed by atoms with van der Waals surface area (Å²) < 4.78 is 0.661. The molecule has 0 atom stereocenters. The van der Waals surface area contributed by atoms with E-state index < -0.39 is 0 Å². The van der Waals surface area contributed by atoms with Gasteiger partial charge < -0.3 is 10.2 Å². The number of aromatic hydroxyl groups is 1. The second kappa shape index (κ2) is 3.68. The van der Waals surface area contributed by atoms with Crippen LogP contribution in [-0.2, 0) is 5.41 Å². The topological polar surface area (TPSA) is 40.5 Å². The third-order valence-corrected chi connectivity index (χ3v) is 2.94. The molecule has 0 amide bonds. The molecule has 72 valence electrons. The summed E-state index contributed by atoms with van der Waals surface area (Å²) in [5.74, 6) is 0.207. The average molecular weight is 245 g/mol. The zero-order valence-corrected chi connectivity index (χ0v) is 9.30. The lowest BCUT2D eigenvalue weighted by Gasteiger charge is -2.23. The third-order valence-electron chi connectivity index (χ3n) is 2.10. The van der Waals surface area contributed by atoms with Crippen molar-refractivity contribution >= 4 is 15.9 Å². The molecular formula is C10H13BrO2. The second-order valence-corrected chi connectivity index (χ2v) is 4.47. The molecule has 0 unspecified atom stereocenters. The van der Waals surface area contributed by atoms with Gasteiger partial charge in [0.25, 0.3) is 0 Å². The van der Waals surface area contributed by atoms with E-state index in [1.54, 1.807) is 12.1 Å². The van der Waals surface area contributed by atoms with Crippen LogP contribution in [0.3, 0.4) is 0 Å². The molecule has 2 nitrogen and oxygen atoms in total. The van der Waals surface area contributed by atoms with Crippen LogP contribution in [0.4, 0.5) is 0 Å². The van der Waals surface area contributed by atoms with Gasteiger partial charge in [0.2, 0.25) is 0 Å². The highest BCUT2D eigenvalue weighted by Gasteiger charge is 2.22. The van der Waals surface area contributed by atoms with E-state index >= 15 is 0 Å². The lowest BCUT2D eigenvalue weighted by molar-refractivity contribution is 0.217. The van der Waals surface area contributed by atoms with Crippen molar-refractivity contribution in [2.45, 2.75) is 19.3 Å². The Bertz CT molecular complexity index is 308. The number of phenolic OH excluding ortho intramolecular Hbond substituents is 1. The number of aliphatic hydroxyl groups is 1. The summed E-state index contributed by atoms with van der Waals surface area (Å²) in [5, 5.41) is 18.6. The normalized spacial score (nSPS) is 11.7. The van der Waals surface area contributed by atoms with Gasteiger partial charge in [-0.25, -0.2) is 0 Å². The van der Waals surface area contributed by atoms with E-state index in [9.17, 15) is 5.11 Å². The molecule has 0 bridgehead atoms. The number of phenols is 1. The molecule has 1 aromatic rings. The van der Waals surface area contributed by atoms with Crippen molar-refractivity contribution in [1.29, 1.82) is 0 Å². The van der Waals surface area contributed by atoms with E-state index in [4.69, 9.17) is 5.11 Å². The van der Waals surface area contributed by atoms with Crippen molar-refractivity contribution in [1.82, 2.24) is 0 Å². The minimum atomic E-state index is -0.336. The van der Waals surface area contributed by atoms with Gasteiger partial charge in [0.05, 0.1) is 11.1 Å². The van der Waals surface area contributed by atoms with Crippen LogP contribution >= 0.6 is 15.9 Å². The van der Waals surface area contributed by atoms with Gasteiger partial charge in [0.15, 0.2) is 0 Å². The summed E-state index contributed by atoms with van der Waals surface area (Å²) in [7, 11) is 0. The molecule has 0 fully saturated rings. The number of benzene rings is 1. The number of hydrogen-bond acceptors (Lipinski definition) is 2. The molecule has 0 radical (unpaired) electrons. The van der Waals surface area contributed by atoms with Gasteiger partial charge in [-0.15, -0.1) is 0 Å². The minimum absolute atomic E-state index is 0.0506. The Labute approximate surface area is 86.3 Å². The number of hydrogen-bond donors (Lipinski definition) is 2. The summed E-state index contributed by atoms with van der Waals surface area (Å²) in [6.45, 7) is 3.90. The Hall–Kier alpha value is -0.540. The van der Waals surface area contributed by atoms with E-state index in [1.807, 2.05) is 19.9 Å². The summed E-state index contributed by atoms with van der Waals surface area (Å²) >= 11 is 3.30. The molecule has 2 N–H and O–H groups in total. The second-order valence-electron chi connectivity index (χ2n) is 3.68. The highest BCUT2D eigenvalue weighted by molar-refractivity contribution is 9.10. The first-order valence-electron chi connectivity index (χ1n) is 4.08. The SMILES string of the molecule is CC(C)(CO)c1cccc(O)c1Br. The molecule has 0 aromatic heterocycles. The van der Waals surface area contributed by atoms with Crippen LogP contribution in [-0.4, -0.2) is 16.8 Å². The fraction of sp³-hybridized carbons (Fsp3) is 0.400. The monoisotopic (exact) mass is 244 g/mol. The molecule has 1 rings (SSSR count). The van der Waals surface area contributed by atoms with Crippen LogP contribution in [0.15, 0.2) is 22.7 Å². The van der Waals surface area contributed by atoms with Crippen molar-refractivity contribution in [3.8, 4) is 5.75 Å². The van der Waals surface area contributed by atoms with E-state index in [2.05, 4.69) is 15.9 Å². The lowest BCUT2D eigenvalue weighted by atomic mass is 9.85. The Morgan fingerprint density at radius 1 is 1.38 bits per heavy atom. The molecule has 13 heavy (non-hydrogen) atoms. The van der Waals surface area contributed by atoms with Crippen LogP contribution in [0.5, 0.6) is 5.75 Å². The van der Waals surface area contributed by atoms with Crippen molar-refractivity contribution < 1.29 is 10.2 Å². The maximum Gasteiger partial charge on any atom is 0.130 e. The van der Waals surface area contributed by atoms with Crippen molar-refractivity contribution in [2.24, 2.45) is 0 Å². The molecule has 0 saturated carbocycles. The minimum Gasteiger partial charge on any atom is -0.507 e. The number of rotatable bonds is 2. The Kier molecular flexibility index (Phi) is 2.98. The third kappa shape index (κ3) is 2.03. The van der Waals surface area contributed by atoms with Crippen LogP contribution in [0, 0.1) is 0 Å². The predicted octanol–water partition coefficient (Wildman–Crippen LogP) is 2.42. The van der Waals surface area contributed by atoms with Crippen molar-refractivity contribution in [2.75, 3.05) is 6.61 Å². The largest absolute Gasteiger partial charge is 0.507 e. The fourth-order valence-corrected chi connectivity index (χ4v) is 1.93. The smallest absolute Gasteiger partial charge is 0.130 e. The molecule has 0 heterocycles. The zero-order valence-electron chi connectivity index (χ0n) is 7.71. The van der Waals surface area contributed by atoms with Gasteiger partial charge in [-0.1, -0.05) is 26.0 Å². The average Bonchev–Trinajstić information content (AvgIpc) is 2.09. The summed E-state index contributed by atoms with van der Waals surface area (Å²) in [6.07, 6.45) is 0. The predicted molar refractivity (Wildman–Crippen MR) is 55.9 cm³/mol. The first kappa shape index (κ1) is 10.5. The fourth-order valence-electron chi connectivity index (χ4n) is 1.13. The molecule has 0 aliphatic heterocycles. The van der Waals surface area contributed by atoms with Crippen LogP contribution in [0.2, 0.25) is 0 Å². The quantitative estimate of drug-likeness (QED) is 0.840. The summed E-state index contributed by atoms with van der Waals surface area (Å²) in [4.78, 5) is 0. The highest BCUT2D eigenvalue weighted by atomic mass is 79.9. The number of aliphatic hydroxyl groups excluding tert-OH is 1. The first-order valence-corrected chi connectivity index (χ1v) is 4.87. The molecule has 0 spiro atoms. The standard InChI is InChI=1S/C10H13BrO2/c1-10(2,6-12)7-4-3-5-8(13)9(7)11/h3-5,12-13H,6H2,1-2H3. The highest BCUT2D eigenvalue weighted by Crippen LogP contribution is 2.35.